The summed E-state index contributed by atoms with van der Waals surface area (Å²) in [5.74, 6) is -1.78. The van der Waals surface area contributed by atoms with Gasteiger partial charge in [0.05, 0.1) is 19.5 Å². The van der Waals surface area contributed by atoms with Crippen LogP contribution in [0.1, 0.15) is 32.6 Å². The largest absolute Gasteiger partial charge is 0.467 e. The maximum atomic E-state index is 13.8. The van der Waals surface area contributed by atoms with E-state index in [2.05, 4.69) is 15.0 Å². The molecule has 4 rings (SSSR count). The van der Waals surface area contributed by atoms with Crippen molar-refractivity contribution in [2.45, 2.75) is 63.3 Å². The number of fused-ring (bicyclic) bond motifs is 1. The summed E-state index contributed by atoms with van der Waals surface area (Å²) in [6.45, 7) is 4.81. The molecule has 5 N–H and O–H groups in total. The van der Waals surface area contributed by atoms with Gasteiger partial charge in [-0.1, -0.05) is 23.7 Å². The molecular weight excluding hydrogens is 546 g/mol. The number of esters is 1. The molecule has 15 heteroatoms. The van der Waals surface area contributed by atoms with E-state index in [0.29, 0.717) is 15.5 Å². The number of aromatic nitrogens is 4. The Morgan fingerprint density at radius 3 is 2.50 bits per heavy atom. The summed E-state index contributed by atoms with van der Waals surface area (Å²) in [7, 11) is 1.11. The number of nitrogen functional groups attached to an aromatic ring is 1. The number of rotatable bonds is 6. The van der Waals surface area contributed by atoms with Crippen molar-refractivity contribution >= 4 is 46.6 Å². The zero-order chi connectivity index (χ0) is 29.4. The third-order valence-electron chi connectivity index (χ3n) is 6.14. The fraction of sp³-hybridized carbons (Fsp3) is 0.440. The average Bonchev–Trinajstić information content (AvgIpc) is 3.46. The highest BCUT2D eigenvalue weighted by Crippen LogP contribution is 2.36. The van der Waals surface area contributed by atoms with Gasteiger partial charge in [-0.15, -0.1) is 0 Å². The first-order valence-corrected chi connectivity index (χ1v) is 12.6. The van der Waals surface area contributed by atoms with E-state index in [4.69, 9.17) is 37.3 Å². The number of amides is 2. The lowest BCUT2D eigenvalue weighted by molar-refractivity contribution is -0.158. The molecule has 14 nitrogen and oxygen atoms in total. The van der Waals surface area contributed by atoms with Crippen molar-refractivity contribution in [2.75, 3.05) is 12.8 Å². The van der Waals surface area contributed by atoms with Crippen molar-refractivity contribution in [3.8, 4) is 0 Å². The molecule has 3 aromatic rings. The molecule has 1 aliphatic heterocycles. The van der Waals surface area contributed by atoms with Crippen molar-refractivity contribution in [3.05, 3.63) is 47.5 Å². The summed E-state index contributed by atoms with van der Waals surface area (Å²) < 4.78 is 17.6. The van der Waals surface area contributed by atoms with E-state index in [-0.39, 0.29) is 23.4 Å². The Morgan fingerprint density at radius 2 is 1.88 bits per heavy atom. The van der Waals surface area contributed by atoms with Gasteiger partial charge in [0.25, 0.3) is 0 Å². The predicted octanol–water partition coefficient (Wildman–Crippen LogP) is 1.20. The summed E-state index contributed by atoms with van der Waals surface area (Å²) in [5, 5.41) is 12.0. The molecule has 1 fully saturated rings. The lowest BCUT2D eigenvalue weighted by Gasteiger charge is -2.34. The smallest absolute Gasteiger partial charge is 0.417 e. The summed E-state index contributed by atoms with van der Waals surface area (Å²) in [6, 6.07) is 3.79. The number of aliphatic hydroxyl groups is 1. The van der Waals surface area contributed by atoms with Gasteiger partial charge in [0.15, 0.2) is 23.8 Å². The number of carbonyl (C=O) groups is 3. The van der Waals surface area contributed by atoms with Crippen LogP contribution in [-0.2, 0) is 30.2 Å². The van der Waals surface area contributed by atoms with E-state index in [0.717, 1.165) is 7.11 Å². The lowest BCUT2D eigenvalue weighted by Crippen LogP contribution is -2.60. The molecular formula is C25H30ClN7O7. The predicted molar refractivity (Wildman–Crippen MR) is 142 cm³/mol. The number of methoxy groups -OCH3 is 1. The second kappa shape index (κ2) is 11.3. The molecule has 40 heavy (non-hydrogen) atoms. The Kier molecular flexibility index (Phi) is 8.25. The zero-order valence-electron chi connectivity index (χ0n) is 22.2. The van der Waals surface area contributed by atoms with Crippen LogP contribution in [0.15, 0.2) is 36.9 Å². The van der Waals surface area contributed by atoms with Crippen LogP contribution in [0, 0.1) is 0 Å². The number of benzene rings is 1. The molecule has 0 saturated carbocycles. The zero-order valence-corrected chi connectivity index (χ0v) is 23.0. The van der Waals surface area contributed by atoms with Crippen molar-refractivity contribution in [1.29, 1.82) is 0 Å². The minimum absolute atomic E-state index is 0.0215. The monoisotopic (exact) mass is 575 g/mol. The number of imidazole rings is 1. The van der Waals surface area contributed by atoms with Crippen molar-refractivity contribution in [3.63, 3.8) is 0 Å². The minimum Gasteiger partial charge on any atom is -0.467 e. The van der Waals surface area contributed by atoms with Crippen LogP contribution >= 0.6 is 11.6 Å². The lowest BCUT2D eigenvalue weighted by atomic mass is 10.0. The van der Waals surface area contributed by atoms with E-state index < -0.39 is 54.1 Å². The third-order valence-corrected chi connectivity index (χ3v) is 6.40. The number of halogens is 1. The Balaban J connectivity index is 1.75. The number of ether oxygens (including phenoxy) is 3. The van der Waals surface area contributed by atoms with Gasteiger partial charge in [-0.3, -0.25) is 9.36 Å². The van der Waals surface area contributed by atoms with Gasteiger partial charge in [-0.2, -0.15) is 0 Å². The summed E-state index contributed by atoms with van der Waals surface area (Å²) in [5.41, 5.74) is 12.2. The molecule has 0 aliphatic carbocycles. The first kappa shape index (κ1) is 29.1. The number of imide groups is 1. The van der Waals surface area contributed by atoms with Crippen LogP contribution in [0.5, 0.6) is 0 Å². The van der Waals surface area contributed by atoms with Crippen LogP contribution < -0.4 is 11.5 Å². The second-order valence-electron chi connectivity index (χ2n) is 10.2. The highest BCUT2D eigenvalue weighted by Gasteiger charge is 2.56. The molecule has 214 valence electrons. The highest BCUT2D eigenvalue weighted by molar-refractivity contribution is 6.30. The molecule has 1 unspecified atom stereocenters. The molecule has 1 saturated heterocycles. The van der Waals surface area contributed by atoms with E-state index in [1.807, 2.05) is 0 Å². The number of anilines is 1. The molecule has 3 heterocycles. The topological polar surface area (TPSA) is 198 Å². The Labute approximate surface area is 234 Å². The Morgan fingerprint density at radius 1 is 1.20 bits per heavy atom. The second-order valence-corrected chi connectivity index (χ2v) is 10.6. The van der Waals surface area contributed by atoms with E-state index >= 15 is 0 Å². The van der Waals surface area contributed by atoms with Crippen LogP contribution in [0.3, 0.4) is 0 Å². The molecule has 0 bridgehead atoms. The van der Waals surface area contributed by atoms with Gasteiger partial charge in [0.2, 0.25) is 5.91 Å². The maximum absolute atomic E-state index is 13.8. The van der Waals surface area contributed by atoms with Crippen LogP contribution in [0.25, 0.3) is 11.2 Å². The highest BCUT2D eigenvalue weighted by atomic mass is 35.5. The summed E-state index contributed by atoms with van der Waals surface area (Å²) in [4.78, 5) is 52.9. The van der Waals surface area contributed by atoms with Gasteiger partial charge in [0, 0.05) is 5.02 Å². The van der Waals surface area contributed by atoms with Gasteiger partial charge in [0.1, 0.15) is 29.6 Å². The minimum atomic E-state index is -1.67. The molecule has 1 aromatic carbocycles. The molecule has 0 spiro atoms. The van der Waals surface area contributed by atoms with Crippen LogP contribution in [0.2, 0.25) is 5.02 Å². The van der Waals surface area contributed by atoms with Crippen molar-refractivity contribution in [2.24, 2.45) is 5.73 Å². The first-order valence-electron chi connectivity index (χ1n) is 12.2. The number of carbonyl (C=O) groups excluding carboxylic acids is 3. The van der Waals surface area contributed by atoms with E-state index in [1.54, 1.807) is 45.0 Å². The van der Waals surface area contributed by atoms with E-state index in [9.17, 15) is 19.5 Å². The number of aliphatic hydroxyl groups excluding tert-OH is 1. The fourth-order valence-electron chi connectivity index (χ4n) is 4.35. The SMILES string of the molecule is COC(=O)[C@H]1O[C@H](n2cnc3c(N)ncnc32)[C@H](O)[C@@H]1N(C(=O)OC(C)(C)C)C(=O)C(N)Cc1ccc(Cl)cc1. The van der Waals surface area contributed by atoms with Crippen LogP contribution in [-0.4, -0.2) is 84.5 Å². The first-order chi connectivity index (χ1) is 18.8. The normalized spacial score (nSPS) is 21.7. The molecule has 2 aromatic heterocycles. The van der Waals surface area contributed by atoms with Crippen molar-refractivity contribution in [1.82, 2.24) is 24.4 Å². The number of nitrogens with two attached hydrogens (primary N) is 2. The van der Waals surface area contributed by atoms with Gasteiger partial charge < -0.3 is 30.8 Å². The van der Waals surface area contributed by atoms with Gasteiger partial charge in [-0.25, -0.2) is 29.4 Å². The number of nitrogens with zero attached hydrogens (tertiary/aromatic N) is 5. The van der Waals surface area contributed by atoms with Gasteiger partial charge in [-0.05, 0) is 44.9 Å². The number of hydrogen-bond donors (Lipinski definition) is 3. The quantitative estimate of drug-likeness (QED) is 0.355. The average molecular weight is 576 g/mol. The Hall–Kier alpha value is -3.85. The van der Waals surface area contributed by atoms with Crippen LogP contribution in [0.4, 0.5) is 10.6 Å². The van der Waals surface area contributed by atoms with E-state index in [1.165, 1.54) is 17.2 Å². The Bertz CT molecular complexity index is 1410. The molecule has 1 aliphatic rings. The fourth-order valence-corrected chi connectivity index (χ4v) is 4.48. The molecule has 0 radical (unpaired) electrons. The summed E-state index contributed by atoms with van der Waals surface area (Å²) >= 11 is 5.95. The standard InChI is InChI=1S/C25H30ClN7O7/c1-25(2,3)40-24(37)33(21(35)14(27)9-12-5-7-13(26)8-6-12)16-17(34)22(39-18(16)23(36)38-4)32-11-31-15-19(28)29-10-30-20(15)32/h5-8,10-11,14,16-18,22,34H,9,27H2,1-4H3,(H2,28,29,30)/t14?,16-,17+,18-,22-/m0/s1. The number of hydrogen-bond acceptors (Lipinski definition) is 12. The summed E-state index contributed by atoms with van der Waals surface area (Å²) in [6.07, 6.45) is -3.25. The molecule has 5 atom stereocenters. The van der Waals surface area contributed by atoms with Crippen molar-refractivity contribution < 1.29 is 33.7 Å². The maximum Gasteiger partial charge on any atom is 0.417 e. The molecule has 2 amide bonds. The third kappa shape index (κ3) is 5.84. The van der Waals surface area contributed by atoms with Gasteiger partial charge >= 0.3 is 12.1 Å².